The lowest BCUT2D eigenvalue weighted by Crippen LogP contribution is -2.30. The Bertz CT molecular complexity index is 837. The first kappa shape index (κ1) is 19.3. The first-order chi connectivity index (χ1) is 13.1. The number of fused-ring (bicyclic) bond motifs is 1. The van der Waals surface area contributed by atoms with Crippen LogP contribution in [0.1, 0.15) is 24.5 Å². The average molecular weight is 385 g/mol. The fraction of sp³-hybridized carbons (Fsp3) is 0.333. The summed E-state index contributed by atoms with van der Waals surface area (Å²) in [7, 11) is 1.53. The van der Waals surface area contributed by atoms with Gasteiger partial charge in [-0.25, -0.2) is 0 Å². The minimum absolute atomic E-state index is 0.172. The number of rotatable bonds is 7. The number of hydrogen-bond donors (Lipinski definition) is 1. The lowest BCUT2D eigenvalue weighted by atomic mass is 10.1. The van der Waals surface area contributed by atoms with E-state index in [0.717, 1.165) is 17.7 Å². The standard InChI is InChI=1S/C21H23NO4S/c1-14(21(24)22-18-8-3-4-9-19(18)25-2)26-20(23)13-27-17-11-10-15-6-5-7-16(15)12-17/h3-4,8-12,14H,5-7,13H2,1-2H3,(H,22,24)/t14-/m0/s1. The van der Waals surface area contributed by atoms with Crippen molar-refractivity contribution in [1.29, 1.82) is 0 Å². The number of esters is 1. The summed E-state index contributed by atoms with van der Waals surface area (Å²) >= 11 is 1.43. The van der Waals surface area contributed by atoms with Crippen LogP contribution in [0, 0.1) is 0 Å². The molecule has 1 atom stereocenters. The van der Waals surface area contributed by atoms with E-state index in [1.807, 2.05) is 12.1 Å². The topological polar surface area (TPSA) is 64.6 Å². The summed E-state index contributed by atoms with van der Waals surface area (Å²) in [5.41, 5.74) is 3.32. The second kappa shape index (κ2) is 8.95. The Balaban J connectivity index is 1.49. The van der Waals surface area contributed by atoms with Gasteiger partial charge in [0.15, 0.2) is 6.10 Å². The molecule has 0 fully saturated rings. The first-order valence-electron chi connectivity index (χ1n) is 8.95. The third kappa shape index (κ3) is 5.04. The van der Waals surface area contributed by atoms with Gasteiger partial charge < -0.3 is 14.8 Å². The average Bonchev–Trinajstić information content (AvgIpc) is 3.14. The van der Waals surface area contributed by atoms with Gasteiger partial charge in [-0.15, -0.1) is 11.8 Å². The fourth-order valence-electron chi connectivity index (χ4n) is 3.05. The maximum Gasteiger partial charge on any atom is 0.317 e. The second-order valence-electron chi connectivity index (χ2n) is 6.39. The summed E-state index contributed by atoms with van der Waals surface area (Å²) in [5, 5.41) is 2.72. The third-order valence-corrected chi connectivity index (χ3v) is 5.44. The van der Waals surface area contributed by atoms with E-state index in [2.05, 4.69) is 17.4 Å². The molecule has 0 unspecified atom stereocenters. The molecular weight excluding hydrogens is 362 g/mol. The molecule has 1 amide bonds. The number of carbonyl (C=O) groups excluding carboxylic acids is 2. The van der Waals surface area contributed by atoms with Gasteiger partial charge >= 0.3 is 5.97 Å². The Labute approximate surface area is 163 Å². The molecular formula is C21H23NO4S. The van der Waals surface area contributed by atoms with E-state index in [9.17, 15) is 9.59 Å². The van der Waals surface area contributed by atoms with Crippen molar-refractivity contribution in [3.05, 3.63) is 53.6 Å². The summed E-state index contributed by atoms with van der Waals surface area (Å²) < 4.78 is 10.5. The lowest BCUT2D eigenvalue weighted by Gasteiger charge is -2.15. The van der Waals surface area contributed by atoms with Gasteiger partial charge in [0, 0.05) is 4.90 Å². The van der Waals surface area contributed by atoms with Gasteiger partial charge in [0.1, 0.15) is 5.75 Å². The molecule has 0 saturated carbocycles. The normalized spacial score (nSPS) is 13.6. The quantitative estimate of drug-likeness (QED) is 0.579. The van der Waals surface area contributed by atoms with Crippen molar-refractivity contribution in [2.45, 2.75) is 37.2 Å². The lowest BCUT2D eigenvalue weighted by molar-refractivity contribution is -0.150. The summed E-state index contributed by atoms with van der Waals surface area (Å²) in [6.07, 6.45) is 2.56. The van der Waals surface area contributed by atoms with Gasteiger partial charge in [-0.1, -0.05) is 18.2 Å². The number of hydrogen-bond acceptors (Lipinski definition) is 5. The number of aryl methyl sites for hydroxylation is 2. The molecule has 0 bridgehead atoms. The predicted molar refractivity (Wildman–Crippen MR) is 106 cm³/mol. The molecule has 0 aliphatic heterocycles. The highest BCUT2D eigenvalue weighted by atomic mass is 32.2. The van der Waals surface area contributed by atoms with Crippen LogP contribution >= 0.6 is 11.8 Å². The molecule has 0 radical (unpaired) electrons. The van der Waals surface area contributed by atoms with E-state index in [-0.39, 0.29) is 5.75 Å². The Hall–Kier alpha value is -2.47. The summed E-state index contributed by atoms with van der Waals surface area (Å²) in [6, 6.07) is 13.4. The fourth-order valence-corrected chi connectivity index (χ4v) is 3.79. The minimum Gasteiger partial charge on any atom is -0.495 e. The van der Waals surface area contributed by atoms with Crippen molar-refractivity contribution in [2.75, 3.05) is 18.2 Å². The largest absolute Gasteiger partial charge is 0.495 e. The molecule has 6 heteroatoms. The molecule has 2 aromatic rings. The van der Waals surface area contributed by atoms with E-state index in [1.165, 1.54) is 36.4 Å². The van der Waals surface area contributed by atoms with Crippen LogP contribution in [-0.2, 0) is 27.2 Å². The maximum absolute atomic E-state index is 12.3. The van der Waals surface area contributed by atoms with Crippen molar-refractivity contribution >= 4 is 29.3 Å². The number of carbonyl (C=O) groups is 2. The Kier molecular flexibility index (Phi) is 6.40. The van der Waals surface area contributed by atoms with Crippen molar-refractivity contribution < 1.29 is 19.1 Å². The summed E-state index contributed by atoms with van der Waals surface area (Å²) in [4.78, 5) is 25.4. The summed E-state index contributed by atoms with van der Waals surface area (Å²) in [5.74, 6) is -0.0828. The molecule has 0 heterocycles. The Morgan fingerprint density at radius 1 is 1.15 bits per heavy atom. The van der Waals surface area contributed by atoms with Crippen molar-refractivity contribution in [3.8, 4) is 5.75 Å². The highest BCUT2D eigenvalue weighted by Gasteiger charge is 2.19. The molecule has 1 N–H and O–H groups in total. The number of ether oxygens (including phenoxy) is 2. The van der Waals surface area contributed by atoms with Gasteiger partial charge in [0.2, 0.25) is 0 Å². The molecule has 3 rings (SSSR count). The zero-order valence-corrected chi connectivity index (χ0v) is 16.3. The van der Waals surface area contributed by atoms with Gasteiger partial charge in [0.05, 0.1) is 18.6 Å². The van der Waals surface area contributed by atoms with Crippen LogP contribution in [0.4, 0.5) is 5.69 Å². The van der Waals surface area contributed by atoms with Crippen molar-refractivity contribution in [1.82, 2.24) is 0 Å². The number of anilines is 1. The molecule has 0 saturated heterocycles. The van der Waals surface area contributed by atoms with Gasteiger partial charge in [-0.05, 0) is 61.6 Å². The smallest absolute Gasteiger partial charge is 0.317 e. The Morgan fingerprint density at radius 2 is 1.93 bits per heavy atom. The molecule has 142 valence electrons. The molecule has 0 spiro atoms. The first-order valence-corrected chi connectivity index (χ1v) is 9.93. The van der Waals surface area contributed by atoms with Crippen LogP contribution in [0.3, 0.4) is 0 Å². The number of nitrogens with one attached hydrogen (secondary N) is 1. The van der Waals surface area contributed by atoms with Gasteiger partial charge in [-0.2, -0.15) is 0 Å². The van der Waals surface area contributed by atoms with E-state index in [0.29, 0.717) is 11.4 Å². The van der Waals surface area contributed by atoms with Gasteiger partial charge in [0.25, 0.3) is 5.91 Å². The van der Waals surface area contributed by atoms with Crippen LogP contribution in [-0.4, -0.2) is 30.8 Å². The number of amides is 1. The molecule has 1 aliphatic rings. The van der Waals surface area contributed by atoms with Crippen LogP contribution in [0.25, 0.3) is 0 Å². The van der Waals surface area contributed by atoms with E-state index < -0.39 is 18.0 Å². The van der Waals surface area contributed by atoms with Crippen LogP contribution in [0.5, 0.6) is 5.75 Å². The van der Waals surface area contributed by atoms with Crippen LogP contribution in [0.2, 0.25) is 0 Å². The number of thioether (sulfide) groups is 1. The Morgan fingerprint density at radius 3 is 2.74 bits per heavy atom. The van der Waals surface area contributed by atoms with E-state index >= 15 is 0 Å². The summed E-state index contributed by atoms with van der Waals surface area (Å²) in [6.45, 7) is 1.56. The van der Waals surface area contributed by atoms with E-state index in [4.69, 9.17) is 9.47 Å². The molecule has 2 aromatic carbocycles. The van der Waals surface area contributed by atoms with Crippen LogP contribution in [0.15, 0.2) is 47.4 Å². The monoisotopic (exact) mass is 385 g/mol. The number of benzene rings is 2. The highest BCUT2D eigenvalue weighted by Crippen LogP contribution is 2.28. The van der Waals surface area contributed by atoms with Gasteiger partial charge in [-0.3, -0.25) is 9.59 Å². The number of methoxy groups -OCH3 is 1. The zero-order chi connectivity index (χ0) is 19.2. The minimum atomic E-state index is -0.886. The second-order valence-corrected chi connectivity index (χ2v) is 7.44. The molecule has 27 heavy (non-hydrogen) atoms. The van der Waals surface area contributed by atoms with Crippen LogP contribution < -0.4 is 10.1 Å². The SMILES string of the molecule is COc1ccccc1NC(=O)[C@H](C)OC(=O)CSc1ccc2c(c1)CCC2. The zero-order valence-electron chi connectivity index (χ0n) is 15.5. The molecule has 1 aliphatic carbocycles. The predicted octanol–water partition coefficient (Wildman–Crippen LogP) is 3.85. The van der Waals surface area contributed by atoms with Crippen molar-refractivity contribution in [3.63, 3.8) is 0 Å². The van der Waals surface area contributed by atoms with Crippen molar-refractivity contribution in [2.24, 2.45) is 0 Å². The third-order valence-electron chi connectivity index (χ3n) is 4.47. The molecule has 0 aromatic heterocycles. The van der Waals surface area contributed by atoms with E-state index in [1.54, 1.807) is 25.1 Å². The maximum atomic E-state index is 12.3. The highest BCUT2D eigenvalue weighted by molar-refractivity contribution is 8.00. The molecule has 5 nitrogen and oxygen atoms in total. The number of para-hydroxylation sites is 2.